The molecule has 232 valence electrons. The highest BCUT2D eigenvalue weighted by atomic mass is 32.2. The zero-order valence-corrected chi connectivity index (χ0v) is 26.1. The van der Waals surface area contributed by atoms with Crippen molar-refractivity contribution in [3.05, 3.63) is 83.7 Å². The molecule has 1 N–H and O–H groups in total. The summed E-state index contributed by atoms with van der Waals surface area (Å²) in [5, 5.41) is 2.88. The highest BCUT2D eigenvalue weighted by Gasteiger charge is 2.34. The summed E-state index contributed by atoms with van der Waals surface area (Å²) in [6.07, 6.45) is 1.94. The third-order valence-corrected chi connectivity index (χ3v) is 8.81. The van der Waals surface area contributed by atoms with E-state index in [1.165, 1.54) is 67.7 Å². The molecule has 0 radical (unpaired) electrons. The first kappa shape index (κ1) is 33.4. The van der Waals surface area contributed by atoms with Gasteiger partial charge in [-0.1, -0.05) is 50.1 Å². The molecule has 1 atom stereocenters. The van der Waals surface area contributed by atoms with Crippen molar-refractivity contribution in [1.29, 1.82) is 0 Å². The van der Waals surface area contributed by atoms with Crippen LogP contribution in [0.15, 0.2) is 71.6 Å². The van der Waals surface area contributed by atoms with Crippen LogP contribution in [0.25, 0.3) is 0 Å². The Morgan fingerprint density at radius 2 is 1.58 bits per heavy atom. The second kappa shape index (κ2) is 15.4. The van der Waals surface area contributed by atoms with E-state index >= 15 is 0 Å². The van der Waals surface area contributed by atoms with Crippen LogP contribution in [0, 0.1) is 12.7 Å². The number of hydrogen-bond acceptors (Lipinski definition) is 6. The highest BCUT2D eigenvalue weighted by Crippen LogP contribution is 2.34. The van der Waals surface area contributed by atoms with Gasteiger partial charge in [-0.2, -0.15) is 0 Å². The lowest BCUT2D eigenvalue weighted by molar-refractivity contribution is -0.140. The molecule has 0 aliphatic heterocycles. The van der Waals surface area contributed by atoms with Gasteiger partial charge in [0.1, 0.15) is 18.4 Å². The van der Waals surface area contributed by atoms with Gasteiger partial charge in [-0.25, -0.2) is 12.8 Å². The summed E-state index contributed by atoms with van der Waals surface area (Å²) >= 11 is 0. The van der Waals surface area contributed by atoms with Crippen LogP contribution in [0.4, 0.5) is 10.1 Å². The number of nitrogens with one attached hydrogen (secondary N) is 1. The van der Waals surface area contributed by atoms with Gasteiger partial charge in [-0.3, -0.25) is 13.9 Å². The van der Waals surface area contributed by atoms with Crippen LogP contribution >= 0.6 is 0 Å². The van der Waals surface area contributed by atoms with E-state index in [1.807, 2.05) is 13.8 Å². The minimum atomic E-state index is -4.25. The molecule has 0 saturated heterocycles. The van der Waals surface area contributed by atoms with Crippen LogP contribution in [-0.4, -0.2) is 58.5 Å². The molecule has 0 spiro atoms. The molecule has 9 nitrogen and oxygen atoms in total. The minimum absolute atomic E-state index is 0.00452. The number of aryl methyl sites for hydroxylation is 1. The van der Waals surface area contributed by atoms with E-state index < -0.39 is 34.3 Å². The third kappa shape index (κ3) is 8.47. The molecular formula is C32H40FN3O6S. The maximum atomic E-state index is 14.2. The van der Waals surface area contributed by atoms with Crippen molar-refractivity contribution in [3.63, 3.8) is 0 Å². The van der Waals surface area contributed by atoms with Gasteiger partial charge >= 0.3 is 0 Å². The number of carbonyl (C=O) groups is 2. The molecule has 11 heteroatoms. The molecule has 0 aromatic heterocycles. The number of amides is 2. The van der Waals surface area contributed by atoms with E-state index in [2.05, 4.69) is 5.32 Å². The van der Waals surface area contributed by atoms with Gasteiger partial charge in [0.2, 0.25) is 11.8 Å². The molecule has 0 unspecified atom stereocenters. The lowest BCUT2D eigenvalue weighted by atomic mass is 10.1. The fourth-order valence-corrected chi connectivity index (χ4v) is 5.96. The molecular weight excluding hydrogens is 573 g/mol. The van der Waals surface area contributed by atoms with Gasteiger partial charge < -0.3 is 19.7 Å². The van der Waals surface area contributed by atoms with Gasteiger partial charge in [0.05, 0.1) is 24.8 Å². The summed E-state index contributed by atoms with van der Waals surface area (Å²) < 4.78 is 53.5. The summed E-state index contributed by atoms with van der Waals surface area (Å²) in [6.45, 7) is 5.45. The van der Waals surface area contributed by atoms with Gasteiger partial charge in [-0.05, 0) is 61.7 Å². The predicted molar refractivity (Wildman–Crippen MR) is 164 cm³/mol. The van der Waals surface area contributed by atoms with Crippen LogP contribution in [0.5, 0.6) is 11.5 Å². The van der Waals surface area contributed by atoms with Crippen molar-refractivity contribution in [2.45, 2.75) is 57.5 Å². The van der Waals surface area contributed by atoms with E-state index in [1.54, 1.807) is 25.1 Å². The minimum Gasteiger partial charge on any atom is -0.493 e. The number of sulfonamides is 1. The van der Waals surface area contributed by atoms with Gasteiger partial charge in [0.15, 0.2) is 11.5 Å². The Morgan fingerprint density at radius 3 is 2.16 bits per heavy atom. The van der Waals surface area contributed by atoms with Crippen molar-refractivity contribution in [1.82, 2.24) is 10.2 Å². The summed E-state index contributed by atoms with van der Waals surface area (Å²) in [6, 6.07) is 15.6. The maximum absolute atomic E-state index is 14.2. The van der Waals surface area contributed by atoms with Crippen molar-refractivity contribution in [2.24, 2.45) is 0 Å². The Hall–Kier alpha value is -4.12. The number of anilines is 1. The number of carbonyl (C=O) groups excluding carboxylic acids is 2. The summed E-state index contributed by atoms with van der Waals surface area (Å²) in [7, 11) is -1.36. The van der Waals surface area contributed by atoms with E-state index in [-0.39, 0.29) is 35.2 Å². The number of ether oxygens (including phenoxy) is 2. The average molecular weight is 614 g/mol. The Balaban J connectivity index is 2.09. The number of hydrogen-bond donors (Lipinski definition) is 1. The maximum Gasteiger partial charge on any atom is 0.264 e. The van der Waals surface area contributed by atoms with Gasteiger partial charge in [0, 0.05) is 19.2 Å². The predicted octanol–water partition coefficient (Wildman–Crippen LogP) is 5.07. The third-order valence-electron chi connectivity index (χ3n) is 7.02. The van der Waals surface area contributed by atoms with Crippen LogP contribution < -0.4 is 19.1 Å². The molecule has 0 aliphatic rings. The van der Waals surface area contributed by atoms with Crippen molar-refractivity contribution in [2.75, 3.05) is 31.6 Å². The molecule has 3 aromatic rings. The number of rotatable bonds is 15. The molecule has 0 aliphatic carbocycles. The number of unbranched alkanes of at least 4 members (excludes halogenated alkanes) is 1. The summed E-state index contributed by atoms with van der Waals surface area (Å²) in [4.78, 5) is 28.8. The lowest BCUT2D eigenvalue weighted by Crippen LogP contribution is -2.52. The Bertz CT molecular complexity index is 1480. The van der Waals surface area contributed by atoms with Crippen LogP contribution in [0.3, 0.4) is 0 Å². The van der Waals surface area contributed by atoms with Crippen LogP contribution in [0.1, 0.15) is 44.2 Å². The zero-order chi connectivity index (χ0) is 31.6. The average Bonchev–Trinajstić information content (AvgIpc) is 3.00. The first-order valence-electron chi connectivity index (χ1n) is 14.2. The molecule has 43 heavy (non-hydrogen) atoms. The fourth-order valence-electron chi connectivity index (χ4n) is 4.56. The largest absolute Gasteiger partial charge is 0.493 e. The molecule has 0 saturated carbocycles. The Labute approximate surface area is 253 Å². The fraction of sp³-hybridized carbons (Fsp3) is 0.375. The van der Waals surface area contributed by atoms with Crippen molar-refractivity contribution < 1.29 is 31.9 Å². The molecule has 0 heterocycles. The smallest absolute Gasteiger partial charge is 0.264 e. The topological polar surface area (TPSA) is 105 Å². The van der Waals surface area contributed by atoms with Crippen LogP contribution in [-0.2, 0) is 26.2 Å². The lowest BCUT2D eigenvalue weighted by Gasteiger charge is -2.33. The van der Waals surface area contributed by atoms with Gasteiger partial charge in [0.25, 0.3) is 10.0 Å². The zero-order valence-electron chi connectivity index (χ0n) is 25.3. The molecule has 3 rings (SSSR count). The number of nitrogens with zero attached hydrogens (tertiary/aromatic N) is 2. The molecule has 3 aromatic carbocycles. The normalized spacial score (nSPS) is 11.9. The van der Waals surface area contributed by atoms with Crippen LogP contribution in [0.2, 0.25) is 0 Å². The number of halogens is 1. The molecule has 0 fully saturated rings. The van der Waals surface area contributed by atoms with Crippen molar-refractivity contribution >= 4 is 27.5 Å². The van der Waals surface area contributed by atoms with E-state index in [9.17, 15) is 22.4 Å². The molecule has 0 bridgehead atoms. The van der Waals surface area contributed by atoms with Crippen molar-refractivity contribution in [3.8, 4) is 11.5 Å². The Morgan fingerprint density at radius 1 is 0.930 bits per heavy atom. The van der Waals surface area contributed by atoms with E-state index in [4.69, 9.17) is 9.47 Å². The first-order chi connectivity index (χ1) is 20.5. The Kier molecular flexibility index (Phi) is 11.9. The standard InChI is InChI=1S/C32H40FN3O6S/c1-6-8-19-34-32(38)28(7-2)35(21-24-11-13-25(33)14-12-24)31(37)22-36(26-15-18-29(41-4)30(20-26)42-5)43(39,40)27-16-9-23(3)10-17-27/h9-18,20,28H,6-8,19,21-22H2,1-5H3,(H,34,38)/t28-/m0/s1. The second-order valence-corrected chi connectivity index (χ2v) is 11.9. The first-order valence-corrected chi connectivity index (χ1v) is 15.6. The summed E-state index contributed by atoms with van der Waals surface area (Å²) in [5.41, 5.74) is 1.64. The SMILES string of the molecule is CCCCNC(=O)[C@H](CC)N(Cc1ccc(F)cc1)C(=O)CN(c1ccc(OC)c(OC)c1)S(=O)(=O)c1ccc(C)cc1. The number of benzene rings is 3. The molecule has 2 amide bonds. The highest BCUT2D eigenvalue weighted by molar-refractivity contribution is 7.92. The summed E-state index contributed by atoms with van der Waals surface area (Å²) in [5.74, 6) is -0.716. The second-order valence-electron chi connectivity index (χ2n) is 10.1. The van der Waals surface area contributed by atoms with Gasteiger partial charge in [-0.15, -0.1) is 0 Å². The number of methoxy groups -OCH3 is 2. The van der Waals surface area contributed by atoms with E-state index in [0.717, 1.165) is 22.7 Å². The quantitative estimate of drug-likeness (QED) is 0.240. The monoisotopic (exact) mass is 613 g/mol. The van der Waals surface area contributed by atoms with E-state index in [0.29, 0.717) is 17.9 Å².